The van der Waals surface area contributed by atoms with Gasteiger partial charge in [0.1, 0.15) is 22.3 Å². The van der Waals surface area contributed by atoms with Gasteiger partial charge in [-0.05, 0) is 55.5 Å². The molecule has 9 heteroatoms. The maximum Gasteiger partial charge on any atom is 0.254 e. The lowest BCUT2D eigenvalue weighted by atomic mass is 10.1. The van der Waals surface area contributed by atoms with Gasteiger partial charge in [0.25, 0.3) is 5.91 Å². The second kappa shape index (κ2) is 7.66. The van der Waals surface area contributed by atoms with Crippen molar-refractivity contribution < 1.29 is 13.6 Å². The van der Waals surface area contributed by atoms with E-state index in [-0.39, 0.29) is 23.6 Å². The van der Waals surface area contributed by atoms with E-state index >= 15 is 0 Å². The maximum absolute atomic E-state index is 13.2. The van der Waals surface area contributed by atoms with E-state index in [1.165, 1.54) is 47.7 Å². The highest BCUT2D eigenvalue weighted by molar-refractivity contribution is 7.13. The summed E-state index contributed by atoms with van der Waals surface area (Å²) < 4.78 is 28.4. The number of halogens is 2. The molecule has 31 heavy (non-hydrogen) atoms. The van der Waals surface area contributed by atoms with E-state index in [0.717, 1.165) is 10.6 Å². The van der Waals surface area contributed by atoms with Gasteiger partial charge in [0.2, 0.25) is 0 Å². The van der Waals surface area contributed by atoms with Gasteiger partial charge in [-0.1, -0.05) is 0 Å². The van der Waals surface area contributed by atoms with Gasteiger partial charge < -0.3 is 9.47 Å². The molecule has 0 saturated heterocycles. The molecule has 1 atom stereocenters. The first-order valence-corrected chi connectivity index (χ1v) is 10.6. The fourth-order valence-corrected chi connectivity index (χ4v) is 4.52. The molecule has 1 aliphatic rings. The predicted octanol–water partition coefficient (Wildman–Crippen LogP) is 4.56. The molecule has 156 valence electrons. The lowest BCUT2D eigenvalue weighted by Crippen LogP contribution is -2.41. The third-order valence-electron chi connectivity index (χ3n) is 5.36. The Bertz CT molecular complexity index is 1250. The lowest BCUT2D eigenvalue weighted by molar-refractivity contribution is 0.0638. The molecule has 0 N–H and O–H groups in total. The van der Waals surface area contributed by atoms with Crippen molar-refractivity contribution in [3.05, 3.63) is 76.9 Å². The Hall–Kier alpha value is -3.46. The Kier molecular flexibility index (Phi) is 4.82. The van der Waals surface area contributed by atoms with E-state index in [1.54, 1.807) is 17.0 Å². The average molecular weight is 437 g/mol. The van der Waals surface area contributed by atoms with Crippen LogP contribution in [-0.2, 0) is 6.54 Å². The molecule has 0 fully saturated rings. The van der Waals surface area contributed by atoms with Gasteiger partial charge in [-0.15, -0.1) is 21.5 Å². The minimum atomic E-state index is -0.379. The smallest absolute Gasteiger partial charge is 0.254 e. The first kappa shape index (κ1) is 19.5. The largest absolute Gasteiger partial charge is 0.327 e. The zero-order chi connectivity index (χ0) is 21.5. The minimum Gasteiger partial charge on any atom is -0.327 e. The zero-order valence-corrected chi connectivity index (χ0v) is 17.3. The van der Waals surface area contributed by atoms with Crippen molar-refractivity contribution in [2.45, 2.75) is 19.5 Å². The molecular weight excluding hydrogens is 420 g/mol. The first-order valence-electron chi connectivity index (χ1n) is 9.73. The van der Waals surface area contributed by atoms with Gasteiger partial charge in [-0.2, -0.15) is 0 Å². The Morgan fingerprint density at radius 3 is 2.39 bits per heavy atom. The van der Waals surface area contributed by atoms with Crippen LogP contribution in [0.5, 0.6) is 0 Å². The van der Waals surface area contributed by atoms with E-state index < -0.39 is 0 Å². The number of carbonyl (C=O) groups is 1. The molecule has 0 spiro atoms. The van der Waals surface area contributed by atoms with Crippen LogP contribution < -0.4 is 0 Å². The molecule has 3 heterocycles. The van der Waals surface area contributed by atoms with E-state index in [0.29, 0.717) is 36.0 Å². The number of carbonyl (C=O) groups excluding carboxylic acids is 1. The summed E-state index contributed by atoms with van der Waals surface area (Å²) in [6, 6.07) is 11.4. The molecule has 2 aromatic heterocycles. The van der Waals surface area contributed by atoms with Gasteiger partial charge in [0.15, 0.2) is 11.6 Å². The van der Waals surface area contributed by atoms with Crippen molar-refractivity contribution in [2.75, 3.05) is 6.54 Å². The molecule has 1 aliphatic heterocycles. The van der Waals surface area contributed by atoms with Crippen molar-refractivity contribution in [1.82, 2.24) is 24.6 Å². The molecule has 0 saturated carbocycles. The van der Waals surface area contributed by atoms with Crippen molar-refractivity contribution >= 4 is 17.2 Å². The second-order valence-electron chi connectivity index (χ2n) is 7.26. The van der Waals surface area contributed by atoms with E-state index in [1.807, 2.05) is 16.9 Å². The van der Waals surface area contributed by atoms with Crippen LogP contribution in [0.15, 0.2) is 53.9 Å². The molecule has 2 aromatic carbocycles. The van der Waals surface area contributed by atoms with E-state index in [9.17, 15) is 13.6 Å². The molecule has 0 radical (unpaired) electrons. The fraction of sp³-hybridized carbons (Fsp3) is 0.182. The summed E-state index contributed by atoms with van der Waals surface area (Å²) in [6.45, 7) is 2.90. The molecule has 5 rings (SSSR count). The maximum atomic E-state index is 13.2. The van der Waals surface area contributed by atoms with Crippen LogP contribution in [0.2, 0.25) is 0 Å². The lowest BCUT2D eigenvalue weighted by Gasteiger charge is -2.33. The summed E-state index contributed by atoms with van der Waals surface area (Å²) in [4.78, 5) is 19.3. The monoisotopic (exact) mass is 437 g/mol. The number of thiazole rings is 1. The highest BCUT2D eigenvalue weighted by Gasteiger charge is 2.32. The third-order valence-corrected chi connectivity index (χ3v) is 6.25. The summed E-state index contributed by atoms with van der Waals surface area (Å²) in [5, 5.41) is 11.3. The normalized spacial score (nSPS) is 15.7. The van der Waals surface area contributed by atoms with Gasteiger partial charge in [-0.3, -0.25) is 4.79 Å². The van der Waals surface area contributed by atoms with E-state index in [2.05, 4.69) is 15.2 Å². The predicted molar refractivity (Wildman–Crippen MR) is 112 cm³/mol. The Morgan fingerprint density at radius 2 is 1.68 bits per heavy atom. The van der Waals surface area contributed by atoms with Crippen LogP contribution in [0.1, 0.15) is 29.1 Å². The highest BCUT2D eigenvalue weighted by atomic mass is 32.1. The van der Waals surface area contributed by atoms with Crippen LogP contribution in [-0.4, -0.2) is 37.1 Å². The quantitative estimate of drug-likeness (QED) is 0.471. The molecule has 0 aliphatic carbocycles. The van der Waals surface area contributed by atoms with Gasteiger partial charge in [0.05, 0.1) is 6.04 Å². The SMILES string of the molecule is CC1c2nnc(-c3csc(-c4ccc(F)cc4)n3)n2CCN1C(=O)c1ccc(F)cc1. The number of nitrogens with zero attached hydrogens (tertiary/aromatic N) is 5. The summed E-state index contributed by atoms with van der Waals surface area (Å²) in [6.07, 6.45) is 0. The standard InChI is InChI=1S/C22H17F2N5OS/c1-13-19-26-27-20(18-12-31-21(25-18)14-2-6-16(23)7-3-14)29(19)11-10-28(13)22(30)15-4-8-17(24)9-5-15/h2-9,12-13H,10-11H2,1H3. The topological polar surface area (TPSA) is 63.9 Å². The van der Waals surface area contributed by atoms with Gasteiger partial charge in [-0.25, -0.2) is 13.8 Å². The number of rotatable bonds is 3. The summed E-state index contributed by atoms with van der Waals surface area (Å²) >= 11 is 1.45. The minimum absolute atomic E-state index is 0.171. The fourth-order valence-electron chi connectivity index (χ4n) is 3.71. The Morgan fingerprint density at radius 1 is 1.00 bits per heavy atom. The van der Waals surface area contributed by atoms with Crippen molar-refractivity contribution in [3.63, 3.8) is 0 Å². The Labute approximate surface area is 180 Å². The zero-order valence-electron chi connectivity index (χ0n) is 16.5. The number of hydrogen-bond acceptors (Lipinski definition) is 5. The Balaban J connectivity index is 1.41. The van der Waals surface area contributed by atoms with Gasteiger partial charge in [0, 0.05) is 29.6 Å². The number of aromatic nitrogens is 4. The van der Waals surface area contributed by atoms with Gasteiger partial charge >= 0.3 is 0 Å². The number of amides is 1. The van der Waals surface area contributed by atoms with Crippen LogP contribution in [0.4, 0.5) is 8.78 Å². The third kappa shape index (κ3) is 3.50. The first-order chi connectivity index (χ1) is 15.0. The van der Waals surface area contributed by atoms with Crippen molar-refractivity contribution in [3.8, 4) is 22.1 Å². The molecule has 0 bridgehead atoms. The van der Waals surface area contributed by atoms with Crippen LogP contribution in [0.3, 0.4) is 0 Å². The molecule has 1 amide bonds. The number of fused-ring (bicyclic) bond motifs is 1. The molecule has 6 nitrogen and oxygen atoms in total. The summed E-state index contributed by atoms with van der Waals surface area (Å²) in [5.41, 5.74) is 1.96. The highest BCUT2D eigenvalue weighted by Crippen LogP contribution is 2.32. The second-order valence-corrected chi connectivity index (χ2v) is 8.12. The molecular formula is C22H17F2N5OS. The van der Waals surface area contributed by atoms with E-state index in [4.69, 9.17) is 0 Å². The van der Waals surface area contributed by atoms with Crippen LogP contribution >= 0.6 is 11.3 Å². The van der Waals surface area contributed by atoms with Crippen LogP contribution in [0.25, 0.3) is 22.1 Å². The summed E-state index contributed by atoms with van der Waals surface area (Å²) in [5.74, 6) is 0.473. The number of hydrogen-bond donors (Lipinski definition) is 0. The molecule has 4 aromatic rings. The average Bonchev–Trinajstić information content (AvgIpc) is 3.42. The summed E-state index contributed by atoms with van der Waals surface area (Å²) in [7, 11) is 0. The molecule has 1 unspecified atom stereocenters. The number of benzene rings is 2. The van der Waals surface area contributed by atoms with Crippen molar-refractivity contribution in [2.24, 2.45) is 0 Å². The van der Waals surface area contributed by atoms with Crippen molar-refractivity contribution in [1.29, 1.82) is 0 Å². The van der Waals surface area contributed by atoms with Crippen LogP contribution in [0, 0.1) is 11.6 Å².